The molecule has 0 aliphatic heterocycles. The van der Waals surface area contributed by atoms with Crippen molar-refractivity contribution in [2.45, 2.75) is 31.3 Å². The van der Waals surface area contributed by atoms with Gasteiger partial charge in [0.1, 0.15) is 11.5 Å². The zero-order valence-corrected chi connectivity index (χ0v) is 24.8. The minimum absolute atomic E-state index is 0.0231. The first-order valence-electron chi connectivity index (χ1n) is 13.1. The molecule has 0 saturated carbocycles. The van der Waals surface area contributed by atoms with Gasteiger partial charge in [-0.1, -0.05) is 32.0 Å². The summed E-state index contributed by atoms with van der Waals surface area (Å²) in [4.78, 5) is 33.1. The number of hydrogen-bond acceptors (Lipinski definition) is 10. The van der Waals surface area contributed by atoms with Crippen LogP contribution in [0.4, 0.5) is 27.8 Å². The summed E-state index contributed by atoms with van der Waals surface area (Å²) in [6, 6.07) is 17.7. The van der Waals surface area contributed by atoms with Crippen LogP contribution < -0.4 is 30.6 Å². The van der Waals surface area contributed by atoms with E-state index in [1.807, 2.05) is 13.8 Å². The molecule has 43 heavy (non-hydrogen) atoms. The van der Waals surface area contributed by atoms with Crippen LogP contribution in [0.2, 0.25) is 0 Å². The number of para-hydroxylation sites is 2. The Morgan fingerprint density at radius 2 is 1.49 bits per heavy atom. The van der Waals surface area contributed by atoms with Crippen LogP contribution in [0.25, 0.3) is 11.0 Å². The maximum atomic E-state index is 13.6. The number of anilines is 4. The highest BCUT2D eigenvalue weighted by atomic mass is 32.2. The molecule has 0 spiro atoms. The molecule has 1 unspecified atom stereocenters. The van der Waals surface area contributed by atoms with E-state index in [4.69, 9.17) is 19.9 Å². The lowest BCUT2D eigenvalue weighted by atomic mass is 10.1. The first-order valence-corrected chi connectivity index (χ1v) is 14.6. The molecule has 5 N–H and O–H groups in total. The number of carbonyl (C=O) groups is 2. The van der Waals surface area contributed by atoms with Crippen LogP contribution in [0, 0.1) is 5.92 Å². The zero-order valence-electron chi connectivity index (χ0n) is 24.0. The molecular formula is C29H32N6O7S. The normalized spacial score (nSPS) is 11.9. The van der Waals surface area contributed by atoms with Crippen molar-refractivity contribution in [3.63, 3.8) is 0 Å². The average Bonchev–Trinajstić information content (AvgIpc) is 2.96. The third-order valence-electron chi connectivity index (χ3n) is 6.06. The van der Waals surface area contributed by atoms with Gasteiger partial charge in [-0.25, -0.2) is 23.2 Å². The van der Waals surface area contributed by atoms with E-state index in [1.165, 1.54) is 38.5 Å². The largest absolute Gasteiger partial charge is 0.497 e. The zero-order chi connectivity index (χ0) is 31.1. The summed E-state index contributed by atoms with van der Waals surface area (Å²) in [5, 5.41) is 5.69. The smallest absolute Gasteiger partial charge is 0.405 e. The van der Waals surface area contributed by atoms with Crippen molar-refractivity contribution in [1.29, 1.82) is 0 Å². The highest BCUT2D eigenvalue weighted by Crippen LogP contribution is 2.31. The van der Waals surface area contributed by atoms with Crippen LogP contribution in [0.1, 0.15) is 20.3 Å². The Bertz CT molecular complexity index is 1720. The molecule has 1 atom stereocenters. The van der Waals surface area contributed by atoms with Crippen molar-refractivity contribution in [2.75, 3.05) is 29.6 Å². The van der Waals surface area contributed by atoms with Gasteiger partial charge < -0.3 is 30.6 Å². The summed E-state index contributed by atoms with van der Waals surface area (Å²) in [7, 11) is -1.21. The predicted molar refractivity (Wildman–Crippen MR) is 162 cm³/mol. The van der Waals surface area contributed by atoms with Crippen molar-refractivity contribution in [3.8, 4) is 11.5 Å². The predicted octanol–water partition coefficient (Wildman–Crippen LogP) is 4.64. The minimum Gasteiger partial charge on any atom is -0.497 e. The standard InChI is InChI=1S/C29H32N6O7S/c1-17(2)12-25(42-29(30)37)28(36)32-18-8-7-9-22(15-18)43(38,39)35-27-26(33-23-10-5-6-11-24(23)34-27)31-19-13-20(40-3)16-21(14-19)41-4/h5-11,13-17,25H,12H2,1-4H3,(H2,30,37)(H,31,33)(H,32,36)(H,34,35). The topological polar surface area (TPSA) is 184 Å². The van der Waals surface area contributed by atoms with E-state index in [2.05, 4.69) is 25.3 Å². The number of sulfonamides is 1. The van der Waals surface area contributed by atoms with E-state index in [1.54, 1.807) is 42.5 Å². The summed E-state index contributed by atoms with van der Waals surface area (Å²) < 4.78 is 45.3. The van der Waals surface area contributed by atoms with E-state index in [0.717, 1.165) is 0 Å². The van der Waals surface area contributed by atoms with Gasteiger partial charge in [0.05, 0.1) is 30.1 Å². The number of nitrogens with zero attached hydrogens (tertiary/aromatic N) is 2. The Hall–Kier alpha value is -5.11. The Balaban J connectivity index is 1.65. The molecule has 0 bridgehead atoms. The van der Waals surface area contributed by atoms with Crippen molar-refractivity contribution in [3.05, 3.63) is 66.7 Å². The van der Waals surface area contributed by atoms with Gasteiger partial charge in [0.25, 0.3) is 15.9 Å². The van der Waals surface area contributed by atoms with Crippen LogP contribution in [-0.4, -0.2) is 50.7 Å². The highest BCUT2D eigenvalue weighted by molar-refractivity contribution is 7.92. The fraction of sp³-hybridized carbons (Fsp3) is 0.241. The second-order valence-corrected chi connectivity index (χ2v) is 11.5. The Labute approximate surface area is 248 Å². The number of nitrogens with one attached hydrogen (secondary N) is 3. The number of benzene rings is 3. The number of methoxy groups -OCH3 is 2. The molecule has 4 aromatic rings. The quantitative estimate of drug-likeness (QED) is 0.177. The number of nitrogens with two attached hydrogens (primary N) is 1. The third-order valence-corrected chi connectivity index (χ3v) is 7.40. The van der Waals surface area contributed by atoms with Crippen molar-refractivity contribution >= 4 is 56.1 Å². The van der Waals surface area contributed by atoms with Gasteiger partial charge in [-0.05, 0) is 42.7 Å². The van der Waals surface area contributed by atoms with Crippen LogP contribution in [0.5, 0.6) is 11.5 Å². The van der Waals surface area contributed by atoms with E-state index in [-0.39, 0.29) is 34.6 Å². The maximum absolute atomic E-state index is 13.6. The van der Waals surface area contributed by atoms with Crippen molar-refractivity contribution in [1.82, 2.24) is 9.97 Å². The number of aromatic nitrogens is 2. The molecule has 13 nitrogen and oxygen atoms in total. The number of fused-ring (bicyclic) bond motifs is 1. The van der Waals surface area contributed by atoms with E-state index >= 15 is 0 Å². The van der Waals surface area contributed by atoms with Crippen LogP contribution in [-0.2, 0) is 19.6 Å². The number of hydrogen-bond donors (Lipinski definition) is 4. The third kappa shape index (κ3) is 8.01. The van der Waals surface area contributed by atoms with Gasteiger partial charge >= 0.3 is 6.09 Å². The number of amides is 2. The Morgan fingerprint density at radius 3 is 2.07 bits per heavy atom. The second-order valence-electron chi connectivity index (χ2n) is 9.81. The average molecular weight is 609 g/mol. The lowest BCUT2D eigenvalue weighted by molar-refractivity contribution is -0.124. The molecule has 3 aromatic carbocycles. The van der Waals surface area contributed by atoms with Gasteiger partial charge in [0.2, 0.25) is 0 Å². The van der Waals surface area contributed by atoms with Gasteiger partial charge in [0.15, 0.2) is 17.7 Å². The molecule has 0 saturated heterocycles. The molecule has 1 heterocycles. The summed E-state index contributed by atoms with van der Waals surface area (Å²) in [6.07, 6.45) is -2.01. The molecule has 0 radical (unpaired) electrons. The molecule has 14 heteroatoms. The van der Waals surface area contributed by atoms with Crippen LogP contribution in [0.3, 0.4) is 0 Å². The summed E-state index contributed by atoms with van der Waals surface area (Å²) in [5.74, 6) is 0.455. The first-order chi connectivity index (χ1) is 20.5. The monoisotopic (exact) mass is 608 g/mol. The molecule has 0 aliphatic carbocycles. The number of rotatable bonds is 12. The van der Waals surface area contributed by atoms with Crippen molar-refractivity contribution < 1.29 is 32.2 Å². The molecule has 2 amide bonds. The summed E-state index contributed by atoms with van der Waals surface area (Å²) in [6.45, 7) is 3.71. The van der Waals surface area contributed by atoms with Gasteiger partial charge in [-0.15, -0.1) is 0 Å². The number of primary amides is 1. The molecule has 0 fully saturated rings. The van der Waals surface area contributed by atoms with E-state index < -0.39 is 28.1 Å². The summed E-state index contributed by atoms with van der Waals surface area (Å²) in [5.41, 5.74) is 6.79. The van der Waals surface area contributed by atoms with Crippen LogP contribution >= 0.6 is 0 Å². The summed E-state index contributed by atoms with van der Waals surface area (Å²) >= 11 is 0. The minimum atomic E-state index is -4.24. The highest BCUT2D eigenvalue weighted by Gasteiger charge is 2.25. The van der Waals surface area contributed by atoms with Crippen LogP contribution in [0.15, 0.2) is 71.6 Å². The fourth-order valence-electron chi connectivity index (χ4n) is 4.10. The number of ether oxygens (including phenoxy) is 3. The first kappa shape index (κ1) is 30.8. The number of carbonyl (C=O) groups excluding carboxylic acids is 2. The van der Waals surface area contributed by atoms with Gasteiger partial charge in [-0.2, -0.15) is 0 Å². The maximum Gasteiger partial charge on any atom is 0.405 e. The Kier molecular flexibility index (Phi) is 9.50. The van der Waals surface area contributed by atoms with E-state index in [0.29, 0.717) is 28.2 Å². The molecular weight excluding hydrogens is 576 g/mol. The molecule has 0 aliphatic rings. The lowest BCUT2D eigenvalue weighted by Gasteiger charge is -2.18. The Morgan fingerprint density at radius 1 is 0.860 bits per heavy atom. The van der Waals surface area contributed by atoms with Gasteiger partial charge in [0, 0.05) is 29.6 Å². The molecule has 226 valence electrons. The SMILES string of the molecule is COc1cc(Nc2nc3ccccc3nc2NS(=O)(=O)c2cccc(NC(=O)C(CC(C)C)OC(N)=O)c2)cc(OC)c1. The lowest BCUT2D eigenvalue weighted by Crippen LogP contribution is -2.35. The van der Waals surface area contributed by atoms with Gasteiger partial charge in [-0.3, -0.25) is 9.52 Å². The van der Waals surface area contributed by atoms with E-state index in [9.17, 15) is 18.0 Å². The fourth-order valence-corrected chi connectivity index (χ4v) is 5.16. The molecule has 4 rings (SSSR count). The van der Waals surface area contributed by atoms with Crippen molar-refractivity contribution in [2.24, 2.45) is 11.7 Å². The molecule has 1 aromatic heterocycles. The second kappa shape index (κ2) is 13.2.